The van der Waals surface area contributed by atoms with E-state index in [9.17, 15) is 0 Å². The fourth-order valence-corrected chi connectivity index (χ4v) is 4.35. The number of hydrogen-bond donors (Lipinski definition) is 1. The Morgan fingerprint density at radius 3 is 2.05 bits per heavy atom. The van der Waals surface area contributed by atoms with Gasteiger partial charge in [-0.3, -0.25) is 0 Å². The van der Waals surface area contributed by atoms with Crippen LogP contribution in [0.3, 0.4) is 0 Å². The van der Waals surface area contributed by atoms with Gasteiger partial charge < -0.3 is 10.1 Å². The Bertz CT molecular complexity index is 231. The second kappa shape index (κ2) is 8.26. The topological polar surface area (TPSA) is 21.3 Å². The molecule has 0 aromatic rings. The molecule has 19 heavy (non-hydrogen) atoms. The van der Waals surface area contributed by atoms with Crippen LogP contribution in [-0.2, 0) is 4.74 Å². The predicted octanol–water partition coefficient (Wildman–Crippen LogP) is 4.14. The lowest BCUT2D eigenvalue weighted by Crippen LogP contribution is -2.45. The highest BCUT2D eigenvalue weighted by Gasteiger charge is 2.31. The van der Waals surface area contributed by atoms with Crippen molar-refractivity contribution in [2.75, 3.05) is 14.2 Å². The van der Waals surface area contributed by atoms with Gasteiger partial charge in [-0.05, 0) is 38.1 Å². The van der Waals surface area contributed by atoms with E-state index in [1.165, 1.54) is 70.6 Å². The van der Waals surface area contributed by atoms with Gasteiger partial charge >= 0.3 is 0 Å². The summed E-state index contributed by atoms with van der Waals surface area (Å²) in [6, 6.07) is 0.566. The Kier molecular flexibility index (Phi) is 6.66. The maximum Gasteiger partial charge on any atom is 0.0752 e. The van der Waals surface area contributed by atoms with Crippen LogP contribution >= 0.6 is 0 Å². The Balaban J connectivity index is 1.88. The summed E-state index contributed by atoms with van der Waals surface area (Å²) in [4.78, 5) is 0. The summed E-state index contributed by atoms with van der Waals surface area (Å²) in [5, 5.41) is 3.57. The number of methoxy groups -OCH3 is 1. The minimum atomic E-state index is 0.437. The third kappa shape index (κ3) is 4.46. The summed E-state index contributed by atoms with van der Waals surface area (Å²) in [6.45, 7) is 0. The maximum atomic E-state index is 5.92. The first-order valence-corrected chi connectivity index (χ1v) is 8.55. The van der Waals surface area contributed by atoms with Crippen molar-refractivity contribution in [2.24, 2.45) is 11.8 Å². The van der Waals surface area contributed by atoms with Crippen molar-refractivity contribution in [1.82, 2.24) is 5.32 Å². The van der Waals surface area contributed by atoms with Gasteiger partial charge in [0, 0.05) is 13.2 Å². The molecule has 0 aromatic heterocycles. The number of likely N-dealkylation sites (N-methyl/N-ethyl adjacent to an activating group) is 1. The monoisotopic (exact) mass is 267 g/mol. The highest BCUT2D eigenvalue weighted by atomic mass is 16.5. The van der Waals surface area contributed by atoms with E-state index in [0.717, 1.165) is 11.8 Å². The van der Waals surface area contributed by atoms with Gasteiger partial charge in [0.05, 0.1) is 6.10 Å². The van der Waals surface area contributed by atoms with E-state index in [0.29, 0.717) is 12.1 Å². The summed E-state index contributed by atoms with van der Waals surface area (Å²) < 4.78 is 5.92. The van der Waals surface area contributed by atoms with Crippen molar-refractivity contribution in [1.29, 1.82) is 0 Å². The van der Waals surface area contributed by atoms with Gasteiger partial charge in [-0.1, -0.05) is 51.4 Å². The lowest BCUT2D eigenvalue weighted by Gasteiger charge is -2.37. The molecule has 0 radical (unpaired) electrons. The molecule has 0 aliphatic heterocycles. The summed E-state index contributed by atoms with van der Waals surface area (Å²) >= 11 is 0. The largest absolute Gasteiger partial charge is 0.380 e. The van der Waals surface area contributed by atoms with Crippen LogP contribution in [0.1, 0.15) is 70.6 Å². The van der Waals surface area contributed by atoms with Gasteiger partial charge in [-0.15, -0.1) is 0 Å². The Morgan fingerprint density at radius 1 is 0.947 bits per heavy atom. The van der Waals surface area contributed by atoms with Gasteiger partial charge in [0.25, 0.3) is 0 Å². The molecule has 2 aliphatic rings. The molecule has 112 valence electrons. The van der Waals surface area contributed by atoms with Crippen LogP contribution in [0.2, 0.25) is 0 Å². The van der Waals surface area contributed by atoms with Gasteiger partial charge in [-0.25, -0.2) is 0 Å². The SMILES string of the molecule is CNC(CC1CCCCC1)C(OC)C1CCCCC1. The molecule has 2 fully saturated rings. The molecule has 2 rings (SSSR count). The molecular weight excluding hydrogens is 234 g/mol. The zero-order chi connectivity index (χ0) is 13.5. The van der Waals surface area contributed by atoms with E-state index < -0.39 is 0 Å². The molecule has 0 amide bonds. The number of ether oxygens (including phenoxy) is 1. The fraction of sp³-hybridized carbons (Fsp3) is 1.00. The lowest BCUT2D eigenvalue weighted by atomic mass is 9.78. The third-order valence-electron chi connectivity index (χ3n) is 5.47. The maximum absolute atomic E-state index is 5.92. The first kappa shape index (κ1) is 15.3. The molecule has 0 spiro atoms. The summed E-state index contributed by atoms with van der Waals surface area (Å²) in [6.07, 6.45) is 16.0. The van der Waals surface area contributed by atoms with Crippen molar-refractivity contribution in [3.8, 4) is 0 Å². The number of hydrogen-bond acceptors (Lipinski definition) is 2. The fourth-order valence-electron chi connectivity index (χ4n) is 4.35. The highest BCUT2D eigenvalue weighted by Crippen LogP contribution is 2.33. The molecular formula is C17H33NO. The van der Waals surface area contributed by atoms with Crippen molar-refractivity contribution in [3.05, 3.63) is 0 Å². The predicted molar refractivity (Wildman–Crippen MR) is 81.4 cm³/mol. The van der Waals surface area contributed by atoms with Crippen molar-refractivity contribution in [3.63, 3.8) is 0 Å². The van der Waals surface area contributed by atoms with Crippen molar-refractivity contribution < 1.29 is 4.74 Å². The van der Waals surface area contributed by atoms with Gasteiger partial charge in [0.15, 0.2) is 0 Å². The molecule has 0 saturated heterocycles. The Hall–Kier alpha value is -0.0800. The second-order valence-electron chi connectivity index (χ2n) is 6.73. The van der Waals surface area contributed by atoms with Crippen molar-refractivity contribution in [2.45, 2.75) is 82.8 Å². The molecule has 0 aromatic carbocycles. The lowest BCUT2D eigenvalue weighted by molar-refractivity contribution is 0.00256. The molecule has 0 heterocycles. The average Bonchev–Trinajstić information content (AvgIpc) is 2.49. The van der Waals surface area contributed by atoms with Crippen LogP contribution in [0.15, 0.2) is 0 Å². The Labute approximate surface area is 119 Å². The zero-order valence-electron chi connectivity index (χ0n) is 13.0. The molecule has 1 N–H and O–H groups in total. The first-order chi connectivity index (χ1) is 9.35. The minimum Gasteiger partial charge on any atom is -0.380 e. The summed E-state index contributed by atoms with van der Waals surface area (Å²) in [5.41, 5.74) is 0. The molecule has 2 nitrogen and oxygen atoms in total. The van der Waals surface area contributed by atoms with Crippen LogP contribution in [0.4, 0.5) is 0 Å². The molecule has 2 saturated carbocycles. The quantitative estimate of drug-likeness (QED) is 0.781. The van der Waals surface area contributed by atoms with Crippen LogP contribution in [-0.4, -0.2) is 26.3 Å². The van der Waals surface area contributed by atoms with Crippen molar-refractivity contribution >= 4 is 0 Å². The molecule has 2 aliphatic carbocycles. The van der Waals surface area contributed by atoms with Gasteiger partial charge in [0.1, 0.15) is 0 Å². The highest BCUT2D eigenvalue weighted by molar-refractivity contribution is 4.86. The third-order valence-corrected chi connectivity index (χ3v) is 5.47. The summed E-state index contributed by atoms with van der Waals surface area (Å²) in [7, 11) is 4.05. The van der Waals surface area contributed by atoms with Crippen LogP contribution in [0, 0.1) is 11.8 Å². The minimum absolute atomic E-state index is 0.437. The zero-order valence-corrected chi connectivity index (χ0v) is 13.0. The van der Waals surface area contributed by atoms with E-state index in [2.05, 4.69) is 12.4 Å². The average molecular weight is 267 g/mol. The Morgan fingerprint density at radius 2 is 1.53 bits per heavy atom. The van der Waals surface area contributed by atoms with E-state index in [4.69, 9.17) is 4.74 Å². The van der Waals surface area contributed by atoms with E-state index >= 15 is 0 Å². The van der Waals surface area contributed by atoms with Gasteiger partial charge in [0.2, 0.25) is 0 Å². The molecule has 0 bridgehead atoms. The standard InChI is InChI=1S/C17H33NO/c1-18-16(13-14-9-5-3-6-10-14)17(19-2)15-11-7-4-8-12-15/h14-18H,3-13H2,1-2H3. The van der Waals surface area contributed by atoms with E-state index in [1.807, 2.05) is 7.11 Å². The molecule has 2 unspecified atom stereocenters. The number of nitrogens with one attached hydrogen (secondary N) is 1. The molecule has 2 heteroatoms. The van der Waals surface area contributed by atoms with E-state index in [-0.39, 0.29) is 0 Å². The van der Waals surface area contributed by atoms with E-state index in [1.54, 1.807) is 0 Å². The van der Waals surface area contributed by atoms with Crippen LogP contribution < -0.4 is 5.32 Å². The van der Waals surface area contributed by atoms with Gasteiger partial charge in [-0.2, -0.15) is 0 Å². The summed E-state index contributed by atoms with van der Waals surface area (Å²) in [5.74, 6) is 1.73. The number of rotatable bonds is 6. The van der Waals surface area contributed by atoms with Crippen LogP contribution in [0.25, 0.3) is 0 Å². The first-order valence-electron chi connectivity index (χ1n) is 8.55. The molecule has 2 atom stereocenters. The smallest absolute Gasteiger partial charge is 0.0752 e. The second-order valence-corrected chi connectivity index (χ2v) is 6.73. The van der Waals surface area contributed by atoms with Crippen LogP contribution in [0.5, 0.6) is 0 Å². The normalized spacial score (nSPS) is 26.2.